The van der Waals surface area contributed by atoms with Crippen LogP contribution in [0.15, 0.2) is 41.0 Å². The van der Waals surface area contributed by atoms with E-state index in [0.717, 1.165) is 11.3 Å². The molecule has 1 fully saturated rings. The molecular weight excluding hydrogens is 256 g/mol. The summed E-state index contributed by atoms with van der Waals surface area (Å²) < 4.78 is 10.6. The van der Waals surface area contributed by atoms with Gasteiger partial charge in [0.05, 0.1) is 11.6 Å². The van der Waals surface area contributed by atoms with Crippen LogP contribution >= 0.6 is 0 Å². The number of benzene rings is 1. The molecule has 0 unspecified atom stereocenters. The lowest BCUT2D eigenvalue weighted by Crippen LogP contribution is -2.48. The van der Waals surface area contributed by atoms with Gasteiger partial charge < -0.3 is 14.1 Å². The molecule has 1 aliphatic rings. The minimum atomic E-state index is -0.284. The van der Waals surface area contributed by atoms with Gasteiger partial charge >= 0.3 is 6.09 Å². The van der Waals surface area contributed by atoms with Gasteiger partial charge in [-0.1, -0.05) is 30.3 Å². The molecular formula is C15H16N2O3. The molecule has 1 amide bonds. The Morgan fingerprint density at radius 2 is 2.15 bits per heavy atom. The summed E-state index contributed by atoms with van der Waals surface area (Å²) in [6.45, 7) is 3.40. The first-order valence-corrected chi connectivity index (χ1v) is 6.60. The van der Waals surface area contributed by atoms with Gasteiger partial charge in [0.25, 0.3) is 0 Å². The Labute approximate surface area is 117 Å². The number of aryl methyl sites for hydroxylation is 1. The van der Waals surface area contributed by atoms with Crippen molar-refractivity contribution in [2.24, 2.45) is 0 Å². The predicted octanol–water partition coefficient (Wildman–Crippen LogP) is 2.72. The lowest BCUT2D eigenvalue weighted by molar-refractivity contribution is 0.0617. The van der Waals surface area contributed by atoms with Crippen molar-refractivity contribution in [1.29, 1.82) is 0 Å². The van der Waals surface area contributed by atoms with Crippen LogP contribution in [0, 0.1) is 6.92 Å². The van der Waals surface area contributed by atoms with E-state index in [4.69, 9.17) is 9.15 Å². The van der Waals surface area contributed by atoms with Crippen molar-refractivity contribution in [2.75, 3.05) is 13.1 Å². The number of hydrogen-bond acceptors (Lipinski definition) is 4. The highest BCUT2D eigenvalue weighted by Crippen LogP contribution is 2.26. The highest BCUT2D eigenvalue weighted by atomic mass is 16.6. The Balaban J connectivity index is 1.46. The highest BCUT2D eigenvalue weighted by molar-refractivity contribution is 5.69. The summed E-state index contributed by atoms with van der Waals surface area (Å²) >= 11 is 0. The number of likely N-dealkylation sites (tertiary alicyclic amines) is 1. The van der Waals surface area contributed by atoms with E-state index in [2.05, 4.69) is 4.98 Å². The molecule has 0 atom stereocenters. The molecule has 0 N–H and O–H groups in total. The highest BCUT2D eigenvalue weighted by Gasteiger charge is 2.35. The number of oxazole rings is 1. The maximum absolute atomic E-state index is 11.8. The topological polar surface area (TPSA) is 55.6 Å². The van der Waals surface area contributed by atoms with E-state index >= 15 is 0 Å². The fourth-order valence-corrected chi connectivity index (χ4v) is 2.15. The predicted molar refractivity (Wildman–Crippen MR) is 72.2 cm³/mol. The summed E-state index contributed by atoms with van der Waals surface area (Å²) in [4.78, 5) is 17.8. The summed E-state index contributed by atoms with van der Waals surface area (Å²) in [6.07, 6.45) is 1.35. The van der Waals surface area contributed by atoms with E-state index in [1.807, 2.05) is 37.3 Å². The fourth-order valence-electron chi connectivity index (χ4n) is 2.15. The normalized spacial score (nSPS) is 14.9. The van der Waals surface area contributed by atoms with Crippen molar-refractivity contribution in [2.45, 2.75) is 19.4 Å². The van der Waals surface area contributed by atoms with Gasteiger partial charge in [-0.2, -0.15) is 0 Å². The number of hydrogen-bond donors (Lipinski definition) is 0. The molecule has 5 nitrogen and oxygen atoms in total. The van der Waals surface area contributed by atoms with Crippen molar-refractivity contribution in [3.05, 3.63) is 53.7 Å². The summed E-state index contributed by atoms with van der Waals surface area (Å²) in [5.41, 5.74) is 1.85. The summed E-state index contributed by atoms with van der Waals surface area (Å²) in [5, 5.41) is 0. The van der Waals surface area contributed by atoms with Crippen LogP contribution in [-0.4, -0.2) is 29.1 Å². The van der Waals surface area contributed by atoms with Crippen molar-refractivity contribution in [3.63, 3.8) is 0 Å². The SMILES string of the molecule is Cc1coc(C2CN(C(=O)OCc3ccccc3)C2)n1. The van der Waals surface area contributed by atoms with Crippen molar-refractivity contribution in [3.8, 4) is 0 Å². The first-order valence-electron chi connectivity index (χ1n) is 6.60. The summed E-state index contributed by atoms with van der Waals surface area (Å²) in [5.74, 6) is 0.891. The lowest BCUT2D eigenvalue weighted by atomic mass is 10.0. The third-order valence-electron chi connectivity index (χ3n) is 3.33. The van der Waals surface area contributed by atoms with Crippen molar-refractivity contribution in [1.82, 2.24) is 9.88 Å². The number of carbonyl (C=O) groups excluding carboxylic acids is 1. The number of aromatic nitrogens is 1. The van der Waals surface area contributed by atoms with E-state index in [1.165, 1.54) is 0 Å². The van der Waals surface area contributed by atoms with Gasteiger partial charge in [-0.05, 0) is 12.5 Å². The summed E-state index contributed by atoms with van der Waals surface area (Å²) in [7, 11) is 0. The smallest absolute Gasteiger partial charge is 0.410 e. The maximum Gasteiger partial charge on any atom is 0.410 e. The monoisotopic (exact) mass is 272 g/mol. The Morgan fingerprint density at radius 1 is 1.40 bits per heavy atom. The molecule has 1 aliphatic heterocycles. The average molecular weight is 272 g/mol. The van der Waals surface area contributed by atoms with Gasteiger partial charge in [-0.15, -0.1) is 0 Å². The van der Waals surface area contributed by atoms with E-state index in [0.29, 0.717) is 25.6 Å². The maximum atomic E-state index is 11.8. The van der Waals surface area contributed by atoms with E-state index in [1.54, 1.807) is 11.2 Å². The van der Waals surface area contributed by atoms with Crippen molar-refractivity contribution >= 4 is 6.09 Å². The molecule has 104 valence electrons. The van der Waals surface area contributed by atoms with Gasteiger partial charge in [0, 0.05) is 13.1 Å². The third kappa shape index (κ3) is 2.66. The number of ether oxygens (including phenoxy) is 1. The minimum absolute atomic E-state index is 0.188. The Hall–Kier alpha value is -2.30. The first kappa shape index (κ1) is 12.7. The molecule has 3 rings (SSSR count). The van der Waals surface area contributed by atoms with Crippen molar-refractivity contribution < 1.29 is 13.9 Å². The molecule has 0 spiro atoms. The molecule has 2 heterocycles. The van der Waals surface area contributed by atoms with Gasteiger partial charge in [0.15, 0.2) is 0 Å². The standard InChI is InChI=1S/C15H16N2O3/c1-11-9-19-14(16-11)13-7-17(8-13)15(18)20-10-12-5-3-2-4-6-12/h2-6,9,13H,7-8,10H2,1H3. The molecule has 0 aliphatic carbocycles. The fraction of sp³-hybridized carbons (Fsp3) is 0.333. The molecule has 0 radical (unpaired) electrons. The largest absolute Gasteiger partial charge is 0.448 e. The molecule has 0 bridgehead atoms. The quantitative estimate of drug-likeness (QED) is 0.862. The number of amides is 1. The van der Waals surface area contributed by atoms with Crippen LogP contribution < -0.4 is 0 Å². The number of carbonyl (C=O) groups is 1. The second-order valence-electron chi connectivity index (χ2n) is 4.97. The van der Waals surface area contributed by atoms with E-state index in [9.17, 15) is 4.79 Å². The molecule has 1 aromatic heterocycles. The van der Waals surface area contributed by atoms with Crippen LogP contribution in [0.25, 0.3) is 0 Å². The Kier molecular flexibility index (Phi) is 3.41. The third-order valence-corrected chi connectivity index (χ3v) is 3.33. The van der Waals surface area contributed by atoms with Gasteiger partial charge in [-0.3, -0.25) is 0 Å². The average Bonchev–Trinajstić information content (AvgIpc) is 2.82. The second kappa shape index (κ2) is 5.36. The van der Waals surface area contributed by atoms with Crippen LogP contribution in [0.2, 0.25) is 0 Å². The van der Waals surface area contributed by atoms with Crippen LogP contribution in [0.5, 0.6) is 0 Å². The summed E-state index contributed by atoms with van der Waals surface area (Å²) in [6, 6.07) is 9.65. The van der Waals surface area contributed by atoms with Crippen LogP contribution in [0.3, 0.4) is 0 Å². The zero-order valence-corrected chi connectivity index (χ0v) is 11.3. The van der Waals surface area contributed by atoms with Crippen LogP contribution in [0.4, 0.5) is 4.79 Å². The minimum Gasteiger partial charge on any atom is -0.448 e. The van der Waals surface area contributed by atoms with E-state index in [-0.39, 0.29) is 12.0 Å². The van der Waals surface area contributed by atoms with Crippen LogP contribution in [-0.2, 0) is 11.3 Å². The van der Waals surface area contributed by atoms with Crippen LogP contribution in [0.1, 0.15) is 23.1 Å². The van der Waals surface area contributed by atoms with Gasteiger partial charge in [-0.25, -0.2) is 9.78 Å². The molecule has 1 aromatic carbocycles. The Bertz CT molecular complexity index is 588. The van der Waals surface area contributed by atoms with Gasteiger partial charge in [0.1, 0.15) is 12.9 Å². The molecule has 0 saturated carbocycles. The number of rotatable bonds is 3. The van der Waals surface area contributed by atoms with E-state index < -0.39 is 0 Å². The number of nitrogens with zero attached hydrogens (tertiary/aromatic N) is 2. The zero-order valence-electron chi connectivity index (χ0n) is 11.3. The Morgan fingerprint density at radius 3 is 2.80 bits per heavy atom. The molecule has 20 heavy (non-hydrogen) atoms. The molecule has 1 saturated heterocycles. The zero-order chi connectivity index (χ0) is 13.9. The lowest BCUT2D eigenvalue weighted by Gasteiger charge is -2.36. The molecule has 2 aromatic rings. The first-order chi connectivity index (χ1) is 9.72. The molecule has 5 heteroatoms. The van der Waals surface area contributed by atoms with Gasteiger partial charge in [0.2, 0.25) is 5.89 Å². The second-order valence-corrected chi connectivity index (χ2v) is 4.97.